The summed E-state index contributed by atoms with van der Waals surface area (Å²) in [5, 5.41) is 6.31. The summed E-state index contributed by atoms with van der Waals surface area (Å²) in [6.07, 6.45) is 0.232. The molecule has 0 fully saturated rings. The van der Waals surface area contributed by atoms with Gasteiger partial charge in [0.05, 0.1) is 5.56 Å². The molecular weight excluding hydrogens is 322 g/mol. The van der Waals surface area contributed by atoms with Crippen molar-refractivity contribution >= 4 is 23.4 Å². The lowest BCUT2D eigenvalue weighted by Gasteiger charge is -2.17. The largest absolute Gasteiger partial charge is 0.449 e. The maximum atomic E-state index is 12.3. The van der Waals surface area contributed by atoms with Gasteiger partial charge in [-0.05, 0) is 37.6 Å². The van der Waals surface area contributed by atoms with Crippen LogP contribution in [0.25, 0.3) is 0 Å². The van der Waals surface area contributed by atoms with Crippen LogP contribution in [-0.2, 0) is 9.53 Å². The van der Waals surface area contributed by atoms with Crippen LogP contribution in [0.5, 0.6) is 0 Å². The average molecular weight is 345 g/mol. The maximum Gasteiger partial charge on any atom is 0.338 e. The van der Waals surface area contributed by atoms with Crippen LogP contribution in [0.15, 0.2) is 34.9 Å². The summed E-state index contributed by atoms with van der Waals surface area (Å²) in [6.45, 7) is 3.64. The minimum atomic E-state index is -0.886. The van der Waals surface area contributed by atoms with Crippen LogP contribution in [0.4, 0.5) is 11.5 Å². The molecule has 1 atom stereocenters. The molecule has 0 aliphatic heterocycles. The first-order valence-electron chi connectivity index (χ1n) is 8.13. The summed E-state index contributed by atoms with van der Waals surface area (Å²) in [6, 6.07) is 8.61. The third-order valence-electron chi connectivity index (χ3n) is 3.59. The van der Waals surface area contributed by atoms with Crippen molar-refractivity contribution in [3.63, 3.8) is 0 Å². The Labute approximate surface area is 146 Å². The third kappa shape index (κ3) is 5.07. The molecule has 25 heavy (non-hydrogen) atoms. The summed E-state index contributed by atoms with van der Waals surface area (Å²) < 4.78 is 10.3. The lowest BCUT2D eigenvalue weighted by atomic mass is 10.1. The van der Waals surface area contributed by atoms with E-state index in [1.165, 1.54) is 0 Å². The third-order valence-corrected chi connectivity index (χ3v) is 3.59. The molecule has 0 saturated carbocycles. The zero-order valence-corrected chi connectivity index (χ0v) is 14.9. The Hall–Kier alpha value is -2.83. The first kappa shape index (κ1) is 18.5. The predicted octanol–water partition coefficient (Wildman–Crippen LogP) is 3.01. The fourth-order valence-electron chi connectivity index (χ4n) is 2.23. The van der Waals surface area contributed by atoms with Crippen molar-refractivity contribution in [2.75, 3.05) is 24.3 Å². The average Bonchev–Trinajstić information content (AvgIpc) is 2.99. The van der Waals surface area contributed by atoms with Gasteiger partial charge in [-0.25, -0.2) is 4.79 Å². The molecule has 0 radical (unpaired) electrons. The molecule has 0 aliphatic rings. The normalized spacial score (nSPS) is 11.7. The molecule has 0 bridgehead atoms. The highest BCUT2D eigenvalue weighted by molar-refractivity contribution is 5.97. The van der Waals surface area contributed by atoms with Gasteiger partial charge in [-0.1, -0.05) is 18.5 Å². The number of ether oxygens (including phenoxy) is 1. The van der Waals surface area contributed by atoms with Crippen LogP contribution in [-0.4, -0.2) is 37.2 Å². The number of amides is 1. The Balaban J connectivity index is 2.04. The van der Waals surface area contributed by atoms with Crippen LogP contribution in [0, 0.1) is 6.92 Å². The molecule has 1 N–H and O–H groups in total. The Morgan fingerprint density at radius 2 is 1.96 bits per heavy atom. The fraction of sp³-hybridized carbons (Fsp3) is 0.389. The van der Waals surface area contributed by atoms with Crippen LogP contribution in [0.2, 0.25) is 0 Å². The number of anilines is 2. The summed E-state index contributed by atoms with van der Waals surface area (Å²) in [7, 11) is 3.83. The van der Waals surface area contributed by atoms with Crippen LogP contribution >= 0.6 is 0 Å². The minimum Gasteiger partial charge on any atom is -0.449 e. The highest BCUT2D eigenvalue weighted by Crippen LogP contribution is 2.16. The molecule has 0 spiro atoms. The number of benzene rings is 1. The van der Waals surface area contributed by atoms with E-state index in [1.54, 1.807) is 25.1 Å². The molecule has 134 valence electrons. The van der Waals surface area contributed by atoms with Gasteiger partial charge in [0.2, 0.25) is 0 Å². The summed E-state index contributed by atoms with van der Waals surface area (Å²) in [5.74, 6) is -0.0704. The molecule has 0 aliphatic carbocycles. The fourth-order valence-corrected chi connectivity index (χ4v) is 2.23. The Bertz CT molecular complexity index is 722. The molecule has 0 saturated heterocycles. The zero-order chi connectivity index (χ0) is 18.4. The van der Waals surface area contributed by atoms with Gasteiger partial charge < -0.3 is 19.5 Å². The Morgan fingerprint density at radius 1 is 1.28 bits per heavy atom. The highest BCUT2D eigenvalue weighted by Gasteiger charge is 2.24. The zero-order valence-electron chi connectivity index (χ0n) is 14.9. The van der Waals surface area contributed by atoms with Crippen LogP contribution in [0.1, 0.15) is 35.9 Å². The lowest BCUT2D eigenvalue weighted by molar-refractivity contribution is -0.125. The standard InChI is InChI=1S/C18H23N3O4/c1-5-6-15(17(22)19-16-11-12(2)25-20-16)24-18(23)13-7-9-14(10-8-13)21(3)4/h7-11,15H,5-6H2,1-4H3,(H,19,20,22)/t15-/m0/s1. The van der Waals surface area contributed by atoms with Crippen molar-refractivity contribution in [3.8, 4) is 0 Å². The van der Waals surface area contributed by atoms with E-state index in [2.05, 4.69) is 10.5 Å². The summed E-state index contributed by atoms with van der Waals surface area (Å²) >= 11 is 0. The van der Waals surface area contributed by atoms with E-state index in [0.717, 1.165) is 5.69 Å². The molecule has 7 nitrogen and oxygen atoms in total. The second-order valence-electron chi connectivity index (χ2n) is 5.94. The van der Waals surface area contributed by atoms with E-state index >= 15 is 0 Å². The van der Waals surface area contributed by atoms with Crippen LogP contribution in [0.3, 0.4) is 0 Å². The van der Waals surface area contributed by atoms with Crippen molar-refractivity contribution in [2.45, 2.75) is 32.8 Å². The molecule has 2 aromatic rings. The first-order valence-corrected chi connectivity index (χ1v) is 8.13. The van der Waals surface area contributed by atoms with Gasteiger partial charge in [-0.15, -0.1) is 0 Å². The van der Waals surface area contributed by atoms with Crippen molar-refractivity contribution in [2.24, 2.45) is 0 Å². The van der Waals surface area contributed by atoms with Gasteiger partial charge >= 0.3 is 5.97 Å². The van der Waals surface area contributed by atoms with E-state index in [0.29, 0.717) is 30.0 Å². The van der Waals surface area contributed by atoms with E-state index < -0.39 is 18.0 Å². The van der Waals surface area contributed by atoms with Gasteiger partial charge in [0.15, 0.2) is 11.9 Å². The number of carbonyl (C=O) groups is 2. The lowest BCUT2D eigenvalue weighted by Crippen LogP contribution is -2.32. The topological polar surface area (TPSA) is 84.7 Å². The molecule has 7 heteroatoms. The predicted molar refractivity (Wildman–Crippen MR) is 94.8 cm³/mol. The van der Waals surface area contributed by atoms with E-state index in [-0.39, 0.29) is 0 Å². The van der Waals surface area contributed by atoms with Gasteiger partial charge in [0, 0.05) is 25.8 Å². The number of carbonyl (C=O) groups excluding carboxylic acids is 2. The second kappa shape index (κ2) is 8.32. The molecule has 1 amide bonds. The number of nitrogens with one attached hydrogen (secondary N) is 1. The Morgan fingerprint density at radius 3 is 2.48 bits per heavy atom. The molecule has 1 heterocycles. The van der Waals surface area contributed by atoms with Crippen molar-refractivity contribution in [3.05, 3.63) is 41.7 Å². The number of aromatic nitrogens is 1. The second-order valence-corrected chi connectivity index (χ2v) is 5.94. The monoisotopic (exact) mass is 345 g/mol. The SMILES string of the molecule is CCC[C@H](OC(=O)c1ccc(N(C)C)cc1)C(=O)Nc1cc(C)on1. The molecule has 1 aromatic heterocycles. The number of hydrogen-bond donors (Lipinski definition) is 1. The number of hydrogen-bond acceptors (Lipinski definition) is 6. The molecular formula is C18H23N3O4. The first-order chi connectivity index (χ1) is 11.9. The van der Waals surface area contributed by atoms with E-state index in [4.69, 9.17) is 9.26 Å². The Kier molecular flexibility index (Phi) is 6.16. The van der Waals surface area contributed by atoms with Gasteiger partial charge in [0.1, 0.15) is 5.76 Å². The summed E-state index contributed by atoms with van der Waals surface area (Å²) in [4.78, 5) is 26.6. The van der Waals surface area contributed by atoms with Crippen molar-refractivity contribution in [1.29, 1.82) is 0 Å². The number of esters is 1. The maximum absolute atomic E-state index is 12.3. The summed E-state index contributed by atoms with van der Waals surface area (Å²) in [5.41, 5.74) is 1.37. The van der Waals surface area contributed by atoms with E-state index in [9.17, 15) is 9.59 Å². The molecule has 1 aromatic carbocycles. The highest BCUT2D eigenvalue weighted by atomic mass is 16.5. The smallest absolute Gasteiger partial charge is 0.338 e. The number of aryl methyl sites for hydroxylation is 1. The van der Waals surface area contributed by atoms with Gasteiger partial charge in [-0.2, -0.15) is 0 Å². The van der Waals surface area contributed by atoms with Crippen molar-refractivity contribution in [1.82, 2.24) is 5.16 Å². The number of nitrogens with zero attached hydrogens (tertiary/aromatic N) is 2. The molecule has 0 unspecified atom stereocenters. The van der Waals surface area contributed by atoms with E-state index in [1.807, 2.05) is 38.1 Å². The van der Waals surface area contributed by atoms with Gasteiger partial charge in [0.25, 0.3) is 5.91 Å². The quantitative estimate of drug-likeness (QED) is 0.777. The minimum absolute atomic E-state index is 0.301. The number of rotatable bonds is 7. The van der Waals surface area contributed by atoms with Crippen molar-refractivity contribution < 1.29 is 18.8 Å². The van der Waals surface area contributed by atoms with Crippen LogP contribution < -0.4 is 10.2 Å². The van der Waals surface area contributed by atoms with Gasteiger partial charge in [-0.3, -0.25) is 4.79 Å². The molecule has 2 rings (SSSR count).